The van der Waals surface area contributed by atoms with Crippen LogP contribution in [-0.2, 0) is 9.59 Å². The summed E-state index contributed by atoms with van der Waals surface area (Å²) >= 11 is 0. The van der Waals surface area contributed by atoms with E-state index in [1.807, 2.05) is 0 Å². The van der Waals surface area contributed by atoms with Crippen molar-refractivity contribution in [2.75, 3.05) is 0 Å². The molecule has 0 aromatic rings. The van der Waals surface area contributed by atoms with Crippen molar-refractivity contribution >= 4 is 11.9 Å². The van der Waals surface area contributed by atoms with E-state index in [1.165, 1.54) is 11.8 Å². The van der Waals surface area contributed by atoms with E-state index in [-0.39, 0.29) is 17.9 Å². The number of likely N-dealkylation sites (tertiary alicyclic amines) is 1. The monoisotopic (exact) mass is 227 g/mol. The Labute approximate surface area is 94.0 Å². The number of carboxylic acids is 1. The lowest BCUT2D eigenvalue weighted by molar-refractivity contribution is -0.149. The highest BCUT2D eigenvalue weighted by Crippen LogP contribution is 2.39. The number of hydrogen-bond acceptors (Lipinski definition) is 3. The van der Waals surface area contributed by atoms with E-state index in [2.05, 4.69) is 0 Å². The van der Waals surface area contributed by atoms with Gasteiger partial charge in [0.25, 0.3) is 0 Å². The molecular weight excluding hydrogens is 210 g/mol. The van der Waals surface area contributed by atoms with Crippen molar-refractivity contribution < 1.29 is 19.8 Å². The Bertz CT molecular complexity index is 317. The molecule has 1 saturated heterocycles. The third kappa shape index (κ3) is 1.80. The standard InChI is InChI=1S/C11H17NO4/c1-6(13)12-9-5-8(14)3-2-7(9)4-10(12)11(15)16/h7-10,14H,2-5H2,1H3,(H,15,16)/t7-,8-,9-,10-/m0/s1. The number of aliphatic hydroxyl groups excluding tert-OH is 1. The van der Waals surface area contributed by atoms with Crippen molar-refractivity contribution in [1.82, 2.24) is 4.90 Å². The molecule has 0 radical (unpaired) electrons. The normalized spacial score (nSPS) is 38.2. The number of hydrogen-bond donors (Lipinski definition) is 2. The zero-order chi connectivity index (χ0) is 11.9. The highest BCUT2D eigenvalue weighted by atomic mass is 16.4. The number of aliphatic carboxylic acids is 1. The second-order valence-corrected chi connectivity index (χ2v) is 4.81. The molecule has 0 aromatic carbocycles. The largest absolute Gasteiger partial charge is 0.480 e. The topological polar surface area (TPSA) is 77.8 Å². The van der Waals surface area contributed by atoms with E-state index >= 15 is 0 Å². The van der Waals surface area contributed by atoms with Crippen LogP contribution in [0.25, 0.3) is 0 Å². The molecule has 2 N–H and O–H groups in total. The maximum atomic E-state index is 11.5. The van der Waals surface area contributed by atoms with Crippen molar-refractivity contribution in [3.63, 3.8) is 0 Å². The predicted octanol–water partition coefficient (Wildman–Crippen LogP) is 0.221. The zero-order valence-electron chi connectivity index (χ0n) is 9.30. The molecule has 1 amide bonds. The number of rotatable bonds is 1. The summed E-state index contributed by atoms with van der Waals surface area (Å²) in [7, 11) is 0. The summed E-state index contributed by atoms with van der Waals surface area (Å²) in [6, 6.07) is -0.778. The summed E-state index contributed by atoms with van der Waals surface area (Å²) in [5.74, 6) is -0.888. The van der Waals surface area contributed by atoms with E-state index in [0.717, 1.165) is 12.8 Å². The molecule has 0 spiro atoms. The fourth-order valence-corrected chi connectivity index (χ4v) is 3.11. The van der Waals surface area contributed by atoms with Crippen LogP contribution in [0.15, 0.2) is 0 Å². The third-order valence-electron chi connectivity index (χ3n) is 3.80. The number of carboxylic acid groups (broad SMARTS) is 1. The molecular formula is C11H17NO4. The molecule has 16 heavy (non-hydrogen) atoms. The van der Waals surface area contributed by atoms with Gasteiger partial charge in [-0.3, -0.25) is 4.79 Å². The average molecular weight is 227 g/mol. The van der Waals surface area contributed by atoms with Gasteiger partial charge in [0, 0.05) is 13.0 Å². The van der Waals surface area contributed by atoms with E-state index in [0.29, 0.717) is 12.8 Å². The van der Waals surface area contributed by atoms with Gasteiger partial charge in [-0.2, -0.15) is 0 Å². The van der Waals surface area contributed by atoms with E-state index in [1.54, 1.807) is 0 Å². The van der Waals surface area contributed by atoms with Crippen LogP contribution in [0.4, 0.5) is 0 Å². The van der Waals surface area contributed by atoms with Gasteiger partial charge in [0.05, 0.1) is 6.10 Å². The fourth-order valence-electron chi connectivity index (χ4n) is 3.11. The Balaban J connectivity index is 2.21. The van der Waals surface area contributed by atoms with Crippen molar-refractivity contribution in [3.8, 4) is 0 Å². The maximum Gasteiger partial charge on any atom is 0.326 e. The minimum absolute atomic E-state index is 0.0812. The highest BCUT2D eigenvalue weighted by Gasteiger charge is 2.47. The van der Waals surface area contributed by atoms with Crippen molar-refractivity contribution in [2.24, 2.45) is 5.92 Å². The molecule has 0 unspecified atom stereocenters. The number of amides is 1. The minimum atomic E-state index is -0.931. The molecule has 2 rings (SSSR count). The summed E-state index contributed by atoms with van der Waals surface area (Å²) in [6.07, 6.45) is 2.20. The summed E-state index contributed by atoms with van der Waals surface area (Å²) < 4.78 is 0. The SMILES string of the molecule is CC(=O)N1[C@H](C(=O)O)C[C@@H]2CC[C@H](O)C[C@@H]21. The quantitative estimate of drug-likeness (QED) is 0.671. The van der Waals surface area contributed by atoms with Crippen LogP contribution < -0.4 is 0 Å². The Morgan fingerprint density at radius 3 is 2.50 bits per heavy atom. The highest BCUT2D eigenvalue weighted by molar-refractivity contribution is 5.83. The smallest absolute Gasteiger partial charge is 0.326 e. The molecule has 2 fully saturated rings. The van der Waals surface area contributed by atoms with E-state index in [4.69, 9.17) is 5.11 Å². The minimum Gasteiger partial charge on any atom is -0.480 e. The number of carbonyl (C=O) groups excluding carboxylic acids is 1. The summed E-state index contributed by atoms with van der Waals surface area (Å²) in [5.41, 5.74) is 0. The van der Waals surface area contributed by atoms with Crippen LogP contribution in [0.1, 0.15) is 32.6 Å². The lowest BCUT2D eigenvalue weighted by Gasteiger charge is -2.34. The Morgan fingerprint density at radius 1 is 1.25 bits per heavy atom. The number of nitrogens with zero attached hydrogens (tertiary/aromatic N) is 1. The predicted molar refractivity (Wildman–Crippen MR) is 55.7 cm³/mol. The van der Waals surface area contributed by atoms with Gasteiger partial charge in [0.15, 0.2) is 0 Å². The van der Waals surface area contributed by atoms with Crippen LogP contribution in [0.5, 0.6) is 0 Å². The first-order chi connectivity index (χ1) is 7.50. The van der Waals surface area contributed by atoms with Crippen LogP contribution in [0.3, 0.4) is 0 Å². The Kier molecular flexibility index (Phi) is 2.88. The van der Waals surface area contributed by atoms with Crippen molar-refractivity contribution in [3.05, 3.63) is 0 Å². The van der Waals surface area contributed by atoms with Crippen LogP contribution in [0, 0.1) is 5.92 Å². The molecule has 1 aliphatic heterocycles. The molecule has 5 heteroatoms. The fraction of sp³-hybridized carbons (Fsp3) is 0.818. The molecule has 0 aromatic heterocycles. The van der Waals surface area contributed by atoms with Crippen molar-refractivity contribution in [2.45, 2.75) is 50.8 Å². The molecule has 5 nitrogen and oxygen atoms in total. The van der Waals surface area contributed by atoms with Gasteiger partial charge in [-0.25, -0.2) is 4.79 Å². The first kappa shape index (κ1) is 11.4. The molecule has 1 heterocycles. The first-order valence-electron chi connectivity index (χ1n) is 5.70. The summed E-state index contributed by atoms with van der Waals surface area (Å²) in [4.78, 5) is 24.0. The van der Waals surface area contributed by atoms with Gasteiger partial charge in [-0.05, 0) is 31.6 Å². The number of fused-ring (bicyclic) bond motifs is 1. The van der Waals surface area contributed by atoms with Gasteiger partial charge in [0.2, 0.25) is 5.91 Å². The van der Waals surface area contributed by atoms with Crippen molar-refractivity contribution in [1.29, 1.82) is 0 Å². The third-order valence-corrected chi connectivity index (χ3v) is 3.80. The Morgan fingerprint density at radius 2 is 1.94 bits per heavy atom. The van der Waals surface area contributed by atoms with Crippen LogP contribution in [-0.4, -0.2) is 45.2 Å². The van der Waals surface area contributed by atoms with E-state index in [9.17, 15) is 14.7 Å². The lowest BCUT2D eigenvalue weighted by atomic mass is 9.83. The summed E-state index contributed by atoms with van der Waals surface area (Å²) in [5, 5.41) is 18.7. The Hall–Kier alpha value is -1.10. The molecule has 4 atom stereocenters. The maximum absolute atomic E-state index is 11.5. The molecule has 0 bridgehead atoms. The van der Waals surface area contributed by atoms with Gasteiger partial charge in [-0.15, -0.1) is 0 Å². The molecule has 1 saturated carbocycles. The second kappa shape index (κ2) is 4.05. The van der Waals surface area contributed by atoms with Gasteiger partial charge in [-0.1, -0.05) is 0 Å². The van der Waals surface area contributed by atoms with Gasteiger partial charge in [0.1, 0.15) is 6.04 Å². The zero-order valence-corrected chi connectivity index (χ0v) is 9.30. The van der Waals surface area contributed by atoms with Crippen LogP contribution in [0.2, 0.25) is 0 Å². The molecule has 1 aliphatic carbocycles. The van der Waals surface area contributed by atoms with Gasteiger partial charge >= 0.3 is 5.97 Å². The van der Waals surface area contributed by atoms with Gasteiger partial charge < -0.3 is 15.1 Å². The number of aliphatic hydroxyl groups is 1. The number of carbonyl (C=O) groups is 2. The molecule has 2 aliphatic rings. The molecule has 90 valence electrons. The summed E-state index contributed by atoms with van der Waals surface area (Å²) in [6.45, 7) is 1.40. The van der Waals surface area contributed by atoms with Crippen LogP contribution >= 0.6 is 0 Å². The first-order valence-corrected chi connectivity index (χ1v) is 5.70. The lowest BCUT2D eigenvalue weighted by Crippen LogP contribution is -2.46. The average Bonchev–Trinajstić information content (AvgIpc) is 2.55. The second-order valence-electron chi connectivity index (χ2n) is 4.81. The van der Waals surface area contributed by atoms with E-state index < -0.39 is 18.1 Å².